The third-order valence-corrected chi connectivity index (χ3v) is 5.51. The fraction of sp³-hybridized carbons (Fsp3) is 0.409. The number of urea groups is 1. The lowest BCUT2D eigenvalue weighted by Gasteiger charge is -2.28. The third kappa shape index (κ3) is 3.90. The molecule has 0 radical (unpaired) electrons. The number of fused-ring (bicyclic) bond motifs is 1. The van der Waals surface area contributed by atoms with Crippen LogP contribution in [0.4, 0.5) is 9.18 Å². The highest BCUT2D eigenvalue weighted by Gasteiger charge is 2.33. The number of nitrogens with zero attached hydrogens (tertiary/aromatic N) is 1. The standard InChI is InChI=1S/C22H25FN2O/c23-19-10-8-16(9-11-19)15-25(20-12-13-20)22(26)24-14-18-6-3-5-17-4-1-2-7-21(17)18/h1-2,4,7-11,18,20H,3,5-6,12-15H2,(H,24,26). The molecule has 1 saturated carbocycles. The van der Waals surface area contributed by atoms with Crippen molar-refractivity contribution in [2.75, 3.05) is 6.54 Å². The van der Waals surface area contributed by atoms with E-state index < -0.39 is 0 Å². The van der Waals surface area contributed by atoms with Gasteiger partial charge in [-0.05, 0) is 60.9 Å². The molecule has 4 rings (SSSR count). The van der Waals surface area contributed by atoms with Gasteiger partial charge in [-0.25, -0.2) is 9.18 Å². The molecule has 4 heteroatoms. The van der Waals surface area contributed by atoms with Gasteiger partial charge < -0.3 is 10.2 Å². The first-order valence-electron chi connectivity index (χ1n) is 9.57. The molecule has 1 N–H and O–H groups in total. The number of carbonyl (C=O) groups excluding carboxylic acids is 1. The van der Waals surface area contributed by atoms with Crippen molar-refractivity contribution >= 4 is 6.03 Å². The number of halogens is 1. The van der Waals surface area contributed by atoms with Crippen molar-refractivity contribution in [2.45, 2.75) is 50.6 Å². The average Bonchev–Trinajstić information content (AvgIpc) is 3.50. The lowest BCUT2D eigenvalue weighted by molar-refractivity contribution is 0.191. The van der Waals surface area contributed by atoms with Crippen molar-refractivity contribution < 1.29 is 9.18 Å². The summed E-state index contributed by atoms with van der Waals surface area (Å²) < 4.78 is 13.1. The van der Waals surface area contributed by atoms with Crippen LogP contribution in [0.1, 0.15) is 48.3 Å². The second-order valence-corrected chi connectivity index (χ2v) is 7.46. The summed E-state index contributed by atoms with van der Waals surface area (Å²) in [5, 5.41) is 3.16. The number of nitrogens with one attached hydrogen (secondary N) is 1. The summed E-state index contributed by atoms with van der Waals surface area (Å²) in [5.41, 5.74) is 3.77. The largest absolute Gasteiger partial charge is 0.337 e. The monoisotopic (exact) mass is 352 g/mol. The van der Waals surface area contributed by atoms with Crippen LogP contribution >= 0.6 is 0 Å². The zero-order valence-corrected chi connectivity index (χ0v) is 15.0. The summed E-state index contributed by atoms with van der Waals surface area (Å²) in [6, 6.07) is 15.3. The Labute approximate surface area is 154 Å². The van der Waals surface area contributed by atoms with E-state index in [1.54, 1.807) is 12.1 Å². The first kappa shape index (κ1) is 17.1. The van der Waals surface area contributed by atoms with E-state index in [1.165, 1.54) is 29.7 Å². The molecule has 136 valence electrons. The number of aryl methyl sites for hydroxylation is 1. The molecule has 0 bridgehead atoms. The van der Waals surface area contributed by atoms with Crippen LogP contribution in [0.2, 0.25) is 0 Å². The molecule has 0 aliphatic heterocycles. The molecule has 2 amide bonds. The second kappa shape index (κ2) is 7.48. The second-order valence-electron chi connectivity index (χ2n) is 7.46. The Kier molecular flexibility index (Phi) is 4.91. The molecule has 1 fully saturated rings. The molecule has 2 aromatic rings. The zero-order valence-electron chi connectivity index (χ0n) is 15.0. The van der Waals surface area contributed by atoms with Crippen molar-refractivity contribution in [3.05, 3.63) is 71.0 Å². The summed E-state index contributed by atoms with van der Waals surface area (Å²) in [5.74, 6) is 0.155. The van der Waals surface area contributed by atoms with E-state index in [-0.39, 0.29) is 11.8 Å². The molecule has 0 heterocycles. The van der Waals surface area contributed by atoms with Crippen molar-refractivity contribution in [3.8, 4) is 0 Å². The summed E-state index contributed by atoms with van der Waals surface area (Å²) in [4.78, 5) is 14.7. The SMILES string of the molecule is O=C(NCC1CCCc2ccccc21)N(Cc1ccc(F)cc1)C1CC1. The Morgan fingerprint density at radius 2 is 1.85 bits per heavy atom. The molecular formula is C22H25FN2O. The Hall–Kier alpha value is -2.36. The van der Waals surface area contributed by atoms with Crippen molar-refractivity contribution in [3.63, 3.8) is 0 Å². The van der Waals surface area contributed by atoms with E-state index in [0.717, 1.165) is 31.2 Å². The van der Waals surface area contributed by atoms with Gasteiger partial charge in [-0.1, -0.05) is 36.4 Å². The summed E-state index contributed by atoms with van der Waals surface area (Å²) >= 11 is 0. The first-order chi connectivity index (χ1) is 12.7. The summed E-state index contributed by atoms with van der Waals surface area (Å²) in [6.07, 6.45) is 5.55. The smallest absolute Gasteiger partial charge is 0.317 e. The van der Waals surface area contributed by atoms with Crippen LogP contribution in [0.25, 0.3) is 0 Å². The Bertz CT molecular complexity index is 770. The van der Waals surface area contributed by atoms with Gasteiger partial charge in [0.1, 0.15) is 5.82 Å². The van der Waals surface area contributed by atoms with Gasteiger partial charge in [-0.15, -0.1) is 0 Å². The quantitative estimate of drug-likeness (QED) is 0.837. The van der Waals surface area contributed by atoms with Gasteiger partial charge in [0.25, 0.3) is 0 Å². The third-order valence-electron chi connectivity index (χ3n) is 5.51. The van der Waals surface area contributed by atoms with Crippen LogP contribution in [0.5, 0.6) is 0 Å². The molecule has 2 aliphatic carbocycles. The maximum atomic E-state index is 13.1. The van der Waals surface area contributed by atoms with E-state index in [0.29, 0.717) is 25.0 Å². The van der Waals surface area contributed by atoms with E-state index >= 15 is 0 Å². The van der Waals surface area contributed by atoms with Gasteiger partial charge in [0, 0.05) is 25.0 Å². The van der Waals surface area contributed by atoms with E-state index in [4.69, 9.17) is 0 Å². The number of hydrogen-bond acceptors (Lipinski definition) is 1. The number of amides is 2. The Morgan fingerprint density at radius 1 is 1.08 bits per heavy atom. The van der Waals surface area contributed by atoms with Gasteiger partial charge in [0.2, 0.25) is 0 Å². The van der Waals surface area contributed by atoms with Crippen LogP contribution in [0, 0.1) is 5.82 Å². The molecule has 2 aliphatic rings. The summed E-state index contributed by atoms with van der Waals surface area (Å²) in [7, 11) is 0. The van der Waals surface area contributed by atoms with Crippen LogP contribution in [0.15, 0.2) is 48.5 Å². The number of carbonyl (C=O) groups is 1. The molecule has 0 aromatic heterocycles. The van der Waals surface area contributed by atoms with Crippen LogP contribution in [-0.4, -0.2) is 23.5 Å². The van der Waals surface area contributed by atoms with Crippen molar-refractivity contribution in [2.24, 2.45) is 0 Å². The predicted octanol–water partition coefficient (Wildman–Crippen LogP) is 4.62. The van der Waals surface area contributed by atoms with E-state index in [1.807, 2.05) is 4.90 Å². The lowest BCUT2D eigenvalue weighted by Crippen LogP contribution is -2.42. The molecule has 0 spiro atoms. The maximum absolute atomic E-state index is 13.1. The minimum absolute atomic E-state index is 0.000111. The van der Waals surface area contributed by atoms with Gasteiger partial charge >= 0.3 is 6.03 Å². The molecule has 1 atom stereocenters. The van der Waals surface area contributed by atoms with Gasteiger partial charge in [-0.2, -0.15) is 0 Å². The highest BCUT2D eigenvalue weighted by Crippen LogP contribution is 2.32. The normalized spacial score (nSPS) is 18.9. The summed E-state index contributed by atoms with van der Waals surface area (Å²) in [6.45, 7) is 1.22. The molecular weight excluding hydrogens is 327 g/mol. The maximum Gasteiger partial charge on any atom is 0.317 e. The fourth-order valence-corrected chi connectivity index (χ4v) is 3.92. The van der Waals surface area contributed by atoms with Gasteiger partial charge in [0.15, 0.2) is 0 Å². The minimum Gasteiger partial charge on any atom is -0.337 e. The highest BCUT2D eigenvalue weighted by atomic mass is 19.1. The highest BCUT2D eigenvalue weighted by molar-refractivity contribution is 5.75. The molecule has 3 nitrogen and oxygen atoms in total. The molecule has 1 unspecified atom stereocenters. The van der Waals surface area contributed by atoms with Crippen molar-refractivity contribution in [1.29, 1.82) is 0 Å². The number of benzene rings is 2. The number of hydrogen-bond donors (Lipinski definition) is 1. The van der Waals surface area contributed by atoms with Gasteiger partial charge in [0.05, 0.1) is 0 Å². The fourth-order valence-electron chi connectivity index (χ4n) is 3.92. The molecule has 0 saturated heterocycles. The first-order valence-corrected chi connectivity index (χ1v) is 9.57. The average molecular weight is 352 g/mol. The topological polar surface area (TPSA) is 32.3 Å². The number of rotatable bonds is 5. The van der Waals surface area contributed by atoms with Crippen LogP contribution < -0.4 is 5.32 Å². The van der Waals surface area contributed by atoms with E-state index in [2.05, 4.69) is 29.6 Å². The Balaban J connectivity index is 1.39. The minimum atomic E-state index is -0.243. The van der Waals surface area contributed by atoms with Crippen LogP contribution in [0.3, 0.4) is 0 Å². The lowest BCUT2D eigenvalue weighted by atomic mass is 9.83. The van der Waals surface area contributed by atoms with Crippen molar-refractivity contribution in [1.82, 2.24) is 10.2 Å². The molecule has 26 heavy (non-hydrogen) atoms. The Morgan fingerprint density at radius 3 is 2.62 bits per heavy atom. The molecule has 2 aromatic carbocycles. The van der Waals surface area contributed by atoms with Crippen LogP contribution in [-0.2, 0) is 13.0 Å². The zero-order chi connectivity index (χ0) is 17.9. The predicted molar refractivity (Wildman–Crippen MR) is 100 cm³/mol. The van der Waals surface area contributed by atoms with Gasteiger partial charge in [-0.3, -0.25) is 0 Å². The van der Waals surface area contributed by atoms with E-state index in [9.17, 15) is 9.18 Å².